The fourth-order valence-electron chi connectivity index (χ4n) is 1.16. The van der Waals surface area contributed by atoms with Gasteiger partial charge in [0.1, 0.15) is 9.88 Å². The summed E-state index contributed by atoms with van der Waals surface area (Å²) in [6.07, 6.45) is 0. The lowest BCUT2D eigenvalue weighted by Crippen LogP contribution is -2.27. The van der Waals surface area contributed by atoms with Gasteiger partial charge in [-0.3, -0.25) is 0 Å². The van der Waals surface area contributed by atoms with Gasteiger partial charge in [0.05, 0.1) is 24.6 Å². The van der Waals surface area contributed by atoms with E-state index >= 15 is 0 Å². The molecule has 0 fully saturated rings. The molecular formula is C9H14N2O5S2. The van der Waals surface area contributed by atoms with Gasteiger partial charge in [-0.2, -0.15) is 0 Å². The molecule has 1 aromatic heterocycles. The minimum absolute atomic E-state index is 0.00909. The number of ether oxygens (including phenoxy) is 1. The number of aromatic carboxylic acids is 1. The fourth-order valence-corrected chi connectivity index (χ4v) is 2.98. The van der Waals surface area contributed by atoms with E-state index in [4.69, 9.17) is 5.11 Å². The van der Waals surface area contributed by atoms with Crippen LogP contribution in [0.1, 0.15) is 20.4 Å². The molecule has 0 amide bonds. The third kappa shape index (κ3) is 4.33. The first-order chi connectivity index (χ1) is 8.35. The van der Waals surface area contributed by atoms with Crippen LogP contribution in [-0.4, -0.2) is 43.9 Å². The number of carboxylic acid groups (broad SMARTS) is 1. The zero-order valence-electron chi connectivity index (χ0n) is 9.97. The average molecular weight is 294 g/mol. The number of aromatic nitrogens is 1. The molecule has 0 atom stereocenters. The van der Waals surface area contributed by atoms with E-state index in [0.717, 1.165) is 11.3 Å². The number of nitrogens with zero attached hydrogens (tertiary/aromatic N) is 1. The number of thiazole rings is 1. The predicted octanol–water partition coefficient (Wildman–Crippen LogP) is 0.216. The summed E-state index contributed by atoms with van der Waals surface area (Å²) in [5, 5.41) is 9.26. The maximum absolute atomic E-state index is 11.5. The Hall–Kier alpha value is -1.03. The van der Waals surface area contributed by atoms with Gasteiger partial charge in [0, 0.05) is 7.11 Å². The van der Waals surface area contributed by atoms with E-state index < -0.39 is 16.0 Å². The second kappa shape index (κ2) is 6.23. The maximum Gasteiger partial charge on any atom is 0.347 e. The van der Waals surface area contributed by atoms with Crippen molar-refractivity contribution in [1.29, 1.82) is 0 Å². The SMILES string of the molecule is COCCS(=O)(=O)NCc1nc(C)c(C(=O)O)s1. The van der Waals surface area contributed by atoms with Gasteiger partial charge >= 0.3 is 5.97 Å². The third-order valence-electron chi connectivity index (χ3n) is 2.03. The second-order valence-electron chi connectivity index (χ2n) is 3.46. The van der Waals surface area contributed by atoms with Gasteiger partial charge in [-0.05, 0) is 6.92 Å². The van der Waals surface area contributed by atoms with Crippen LogP contribution in [0.15, 0.2) is 0 Å². The first-order valence-corrected chi connectivity index (χ1v) is 7.48. The molecule has 0 aliphatic carbocycles. The number of methoxy groups -OCH3 is 1. The third-order valence-corrected chi connectivity index (χ3v) is 4.47. The fraction of sp³-hybridized carbons (Fsp3) is 0.556. The Labute approximate surface area is 109 Å². The molecular weight excluding hydrogens is 280 g/mol. The molecule has 2 N–H and O–H groups in total. The van der Waals surface area contributed by atoms with E-state index in [2.05, 4.69) is 14.4 Å². The normalized spacial score (nSPS) is 11.7. The topological polar surface area (TPSA) is 106 Å². The number of sulfonamides is 1. The van der Waals surface area contributed by atoms with Crippen molar-refractivity contribution < 1.29 is 23.1 Å². The van der Waals surface area contributed by atoms with Crippen LogP contribution >= 0.6 is 11.3 Å². The van der Waals surface area contributed by atoms with Crippen molar-refractivity contribution in [2.24, 2.45) is 0 Å². The monoisotopic (exact) mass is 294 g/mol. The van der Waals surface area contributed by atoms with Crippen molar-refractivity contribution in [1.82, 2.24) is 9.71 Å². The second-order valence-corrected chi connectivity index (χ2v) is 6.47. The first kappa shape index (κ1) is 15.0. The Morgan fingerprint density at radius 2 is 2.22 bits per heavy atom. The van der Waals surface area contributed by atoms with Crippen molar-refractivity contribution in [2.45, 2.75) is 13.5 Å². The molecule has 1 rings (SSSR count). The van der Waals surface area contributed by atoms with Crippen LogP contribution in [0.3, 0.4) is 0 Å². The van der Waals surface area contributed by atoms with Gasteiger partial charge < -0.3 is 9.84 Å². The number of rotatable bonds is 7. The summed E-state index contributed by atoms with van der Waals surface area (Å²) in [7, 11) is -2.01. The number of hydrogen-bond donors (Lipinski definition) is 2. The predicted molar refractivity (Wildman–Crippen MR) is 66.3 cm³/mol. The molecule has 1 aromatic rings. The molecule has 9 heteroatoms. The van der Waals surface area contributed by atoms with Crippen LogP contribution in [-0.2, 0) is 21.3 Å². The Morgan fingerprint density at radius 3 is 2.72 bits per heavy atom. The first-order valence-electron chi connectivity index (χ1n) is 5.01. The Morgan fingerprint density at radius 1 is 1.56 bits per heavy atom. The highest BCUT2D eigenvalue weighted by atomic mass is 32.2. The molecule has 0 radical (unpaired) electrons. The summed E-state index contributed by atoms with van der Waals surface area (Å²) in [5.41, 5.74) is 0.388. The minimum atomic E-state index is -3.42. The largest absolute Gasteiger partial charge is 0.477 e. The van der Waals surface area contributed by atoms with Gasteiger partial charge in [0.25, 0.3) is 0 Å². The summed E-state index contributed by atoms with van der Waals surface area (Å²) < 4.78 is 29.9. The lowest BCUT2D eigenvalue weighted by atomic mass is 10.4. The highest BCUT2D eigenvalue weighted by Gasteiger charge is 2.16. The summed E-state index contributed by atoms with van der Waals surface area (Å²) in [6.45, 7) is 1.67. The van der Waals surface area contributed by atoms with E-state index in [1.807, 2.05) is 0 Å². The number of nitrogens with one attached hydrogen (secondary N) is 1. The molecule has 0 bridgehead atoms. The van der Waals surface area contributed by atoms with Crippen LogP contribution < -0.4 is 4.72 Å². The lowest BCUT2D eigenvalue weighted by Gasteiger charge is -2.03. The number of carboxylic acids is 1. The highest BCUT2D eigenvalue weighted by Crippen LogP contribution is 2.17. The lowest BCUT2D eigenvalue weighted by molar-refractivity contribution is 0.0701. The average Bonchev–Trinajstić information content (AvgIpc) is 2.66. The molecule has 18 heavy (non-hydrogen) atoms. The molecule has 7 nitrogen and oxygen atoms in total. The van der Waals surface area contributed by atoms with E-state index in [0.29, 0.717) is 10.7 Å². The molecule has 1 heterocycles. The minimum Gasteiger partial charge on any atom is -0.477 e. The summed E-state index contributed by atoms with van der Waals surface area (Å²) in [4.78, 5) is 14.9. The van der Waals surface area contributed by atoms with E-state index in [1.54, 1.807) is 6.92 Å². The van der Waals surface area contributed by atoms with Gasteiger partial charge in [-0.25, -0.2) is 22.9 Å². The zero-order chi connectivity index (χ0) is 13.8. The molecule has 0 aromatic carbocycles. The van der Waals surface area contributed by atoms with Gasteiger partial charge in [-0.15, -0.1) is 11.3 Å². The highest BCUT2D eigenvalue weighted by molar-refractivity contribution is 7.89. The number of carbonyl (C=O) groups is 1. The van der Waals surface area contributed by atoms with Gasteiger partial charge in [0.15, 0.2) is 0 Å². The molecule has 0 aliphatic rings. The maximum atomic E-state index is 11.5. The van der Waals surface area contributed by atoms with Crippen LogP contribution in [0.2, 0.25) is 0 Å². The van der Waals surface area contributed by atoms with Crippen LogP contribution in [0.4, 0.5) is 0 Å². The van der Waals surface area contributed by atoms with Crippen LogP contribution in [0.25, 0.3) is 0 Å². The number of aryl methyl sites for hydroxylation is 1. The summed E-state index contributed by atoms with van der Waals surface area (Å²) in [6, 6.07) is 0. The van der Waals surface area contributed by atoms with Crippen LogP contribution in [0.5, 0.6) is 0 Å². The Kier molecular flexibility index (Phi) is 5.20. The molecule has 0 spiro atoms. The van der Waals surface area contributed by atoms with Gasteiger partial charge in [0.2, 0.25) is 10.0 Å². The molecule has 102 valence electrons. The van der Waals surface area contributed by atoms with E-state index in [1.165, 1.54) is 7.11 Å². The molecule has 0 aliphatic heterocycles. The van der Waals surface area contributed by atoms with E-state index in [-0.39, 0.29) is 23.8 Å². The van der Waals surface area contributed by atoms with Crippen molar-refractivity contribution in [3.63, 3.8) is 0 Å². The smallest absolute Gasteiger partial charge is 0.347 e. The van der Waals surface area contributed by atoms with Crippen molar-refractivity contribution >= 4 is 27.3 Å². The van der Waals surface area contributed by atoms with Gasteiger partial charge in [-0.1, -0.05) is 0 Å². The van der Waals surface area contributed by atoms with E-state index in [9.17, 15) is 13.2 Å². The molecule has 0 unspecified atom stereocenters. The summed E-state index contributed by atoms with van der Waals surface area (Å²) >= 11 is 0.963. The van der Waals surface area contributed by atoms with Crippen molar-refractivity contribution in [3.8, 4) is 0 Å². The Balaban J connectivity index is 2.64. The Bertz CT molecular complexity index is 523. The number of hydrogen-bond acceptors (Lipinski definition) is 6. The molecule has 0 saturated heterocycles. The quantitative estimate of drug-likeness (QED) is 0.745. The summed E-state index contributed by atoms with van der Waals surface area (Å²) in [5.74, 6) is -1.20. The van der Waals surface area contributed by atoms with Crippen molar-refractivity contribution in [2.75, 3.05) is 19.5 Å². The zero-order valence-corrected chi connectivity index (χ0v) is 11.6. The van der Waals surface area contributed by atoms with Crippen molar-refractivity contribution in [3.05, 3.63) is 15.6 Å². The standard InChI is InChI=1S/C9H14N2O5S2/c1-6-8(9(12)13)17-7(11-6)5-10-18(14,15)4-3-16-2/h10H,3-5H2,1-2H3,(H,12,13). The van der Waals surface area contributed by atoms with Crippen LogP contribution in [0, 0.1) is 6.92 Å². The molecule has 0 saturated carbocycles.